The van der Waals surface area contributed by atoms with E-state index in [0.29, 0.717) is 61.6 Å². The first-order valence-electron chi connectivity index (χ1n) is 22.4. The Bertz CT molecular complexity index is 2520. The van der Waals surface area contributed by atoms with Crippen LogP contribution in [0.4, 0.5) is 22.7 Å². The highest BCUT2D eigenvalue weighted by atomic mass is 28.4. The number of rotatable bonds is 18. The highest BCUT2D eigenvalue weighted by Gasteiger charge is 2.66. The van der Waals surface area contributed by atoms with E-state index in [1.165, 1.54) is 12.1 Å². The Labute approximate surface area is 379 Å². The zero-order chi connectivity index (χ0) is 46.0. The standard InChI is InChI=1S/C48H57N7O9Si/c1-5-63-37-18-20-42-34(25-37)26-40(49-22-9-10-24-56)46(58)54(42)35-15-13-32(14-16-35)28-53-43-19-17-36(55(60)61)27-39(43)48(47(53)59)31(2)45(65(3,4)62)44(64-48)21-23-52-29-41(50-51-52)38(30-57)33-11-7-6-8-12-33/h6-8,11-20,25,27,29,31,38,40,44-45,49,56-57,62H,5,9-10,21-24,26,28,30H2,1-4H3/t31-,38?,40?,44+,45-,48+/m1/s1. The molecule has 4 aromatic carbocycles. The number of anilines is 3. The monoisotopic (exact) mass is 903 g/mol. The molecule has 0 radical (unpaired) electrons. The number of nitro groups is 1. The van der Waals surface area contributed by atoms with E-state index in [9.17, 15) is 29.9 Å². The van der Waals surface area contributed by atoms with Gasteiger partial charge in [0, 0.05) is 54.2 Å². The molecule has 0 bridgehead atoms. The Balaban J connectivity index is 1.07. The maximum absolute atomic E-state index is 15.2. The van der Waals surface area contributed by atoms with Gasteiger partial charge in [0.25, 0.3) is 11.6 Å². The number of nitrogens with zero attached hydrogens (tertiary/aromatic N) is 6. The van der Waals surface area contributed by atoms with Crippen LogP contribution in [0.2, 0.25) is 18.6 Å². The molecule has 8 rings (SSSR count). The Hall–Kier alpha value is -5.82. The number of aliphatic hydroxyl groups excluding tert-OH is 2. The number of ether oxygens (including phenoxy) is 2. The number of nitro benzene ring substituents is 1. The molecule has 6 atom stereocenters. The van der Waals surface area contributed by atoms with Crippen LogP contribution in [-0.4, -0.2) is 93.6 Å². The predicted molar refractivity (Wildman–Crippen MR) is 246 cm³/mol. The van der Waals surface area contributed by atoms with Crippen LogP contribution in [-0.2, 0) is 39.4 Å². The van der Waals surface area contributed by atoms with E-state index < -0.39 is 42.4 Å². The van der Waals surface area contributed by atoms with Crippen molar-refractivity contribution in [2.75, 3.05) is 36.2 Å². The zero-order valence-corrected chi connectivity index (χ0v) is 38.2. The Morgan fingerprint density at radius 2 is 1.77 bits per heavy atom. The molecule has 1 aromatic heterocycles. The van der Waals surface area contributed by atoms with Crippen molar-refractivity contribution in [2.45, 2.75) is 94.9 Å². The van der Waals surface area contributed by atoms with E-state index in [-0.39, 0.29) is 43.2 Å². The molecule has 2 unspecified atom stereocenters. The lowest BCUT2D eigenvalue weighted by molar-refractivity contribution is -0.385. The number of fused-ring (bicyclic) bond motifs is 3. The number of non-ortho nitro benzene ring substituents is 1. The summed E-state index contributed by atoms with van der Waals surface area (Å²) in [6.45, 7) is 8.95. The van der Waals surface area contributed by atoms with E-state index in [0.717, 1.165) is 34.5 Å². The molecule has 2 amide bonds. The van der Waals surface area contributed by atoms with Gasteiger partial charge in [-0.2, -0.15) is 0 Å². The summed E-state index contributed by atoms with van der Waals surface area (Å²) in [7, 11) is -3.07. The summed E-state index contributed by atoms with van der Waals surface area (Å²) in [6.07, 6.45) is 3.40. The first-order chi connectivity index (χ1) is 31.3. The smallest absolute Gasteiger partial charge is 0.269 e. The van der Waals surface area contributed by atoms with Crippen molar-refractivity contribution >= 4 is 42.9 Å². The molecule has 3 aliphatic rings. The number of carbonyl (C=O) groups is 2. The third kappa shape index (κ3) is 8.83. The number of aliphatic hydroxyl groups is 2. The first-order valence-corrected chi connectivity index (χ1v) is 25.4. The summed E-state index contributed by atoms with van der Waals surface area (Å²) in [5, 5.41) is 43.8. The number of unbranched alkanes of at least 4 members (excludes halogenated alkanes) is 1. The van der Waals surface area contributed by atoms with Crippen LogP contribution in [0.25, 0.3) is 0 Å². The van der Waals surface area contributed by atoms with Gasteiger partial charge in [-0.05, 0) is 105 Å². The molecule has 342 valence electrons. The quantitative estimate of drug-likeness (QED) is 0.0341. The summed E-state index contributed by atoms with van der Waals surface area (Å²) < 4.78 is 14.4. The normalized spacial score (nSPS) is 22.1. The van der Waals surface area contributed by atoms with E-state index in [1.54, 1.807) is 26.7 Å². The van der Waals surface area contributed by atoms with Crippen LogP contribution in [0.15, 0.2) is 97.2 Å². The van der Waals surface area contributed by atoms with Crippen molar-refractivity contribution in [1.29, 1.82) is 0 Å². The second-order valence-corrected chi connectivity index (χ2v) is 21.7. The minimum Gasteiger partial charge on any atom is -0.494 e. The topological polar surface area (TPSA) is 206 Å². The number of aryl methyl sites for hydroxylation is 1. The second-order valence-electron chi connectivity index (χ2n) is 17.8. The summed E-state index contributed by atoms with van der Waals surface area (Å²) in [5.74, 6) is -0.673. The van der Waals surface area contributed by atoms with Gasteiger partial charge < -0.3 is 34.7 Å². The number of nitrogens with one attached hydrogen (secondary N) is 1. The summed E-state index contributed by atoms with van der Waals surface area (Å²) in [6, 6.07) is 26.7. The van der Waals surface area contributed by atoms with Crippen LogP contribution in [0.3, 0.4) is 0 Å². The highest BCUT2D eigenvalue weighted by molar-refractivity contribution is 6.71. The maximum atomic E-state index is 15.2. The molecule has 1 saturated heterocycles. The average Bonchev–Trinajstić information content (AvgIpc) is 3.95. The fourth-order valence-corrected chi connectivity index (χ4v) is 12.8. The Morgan fingerprint density at radius 3 is 2.46 bits per heavy atom. The van der Waals surface area contributed by atoms with E-state index in [4.69, 9.17) is 9.47 Å². The molecule has 1 fully saturated rings. The van der Waals surface area contributed by atoms with Crippen LogP contribution in [0, 0.1) is 16.0 Å². The van der Waals surface area contributed by atoms with E-state index >= 15 is 4.79 Å². The zero-order valence-electron chi connectivity index (χ0n) is 37.2. The minimum atomic E-state index is -3.07. The number of hydrogen-bond donors (Lipinski definition) is 4. The molecule has 3 aliphatic heterocycles. The number of amides is 2. The van der Waals surface area contributed by atoms with Crippen LogP contribution < -0.4 is 19.9 Å². The molecule has 17 heteroatoms. The van der Waals surface area contributed by atoms with Crippen LogP contribution in [0.5, 0.6) is 5.75 Å². The number of carbonyl (C=O) groups excluding carboxylic acids is 2. The van der Waals surface area contributed by atoms with Crippen molar-refractivity contribution < 1.29 is 39.0 Å². The lowest BCUT2D eigenvalue weighted by atomic mass is 9.82. The number of aromatic nitrogens is 3. The SMILES string of the molecule is CCOc1ccc2c(c1)CC(NCCCCO)C(=O)N2c1ccc(CN2C(=O)[C@@]3(O[C@@H](CCn4cc(C(CO)c5ccccc5)nn4)[C@H]([Si](C)(C)O)[C@H]3C)c3cc([N+](=O)[O-])ccc32)cc1. The molecule has 4 heterocycles. The third-order valence-electron chi connectivity index (χ3n) is 13.2. The van der Waals surface area contributed by atoms with Crippen molar-refractivity contribution in [3.8, 4) is 5.75 Å². The fraction of sp³-hybridized carbons (Fsp3) is 0.417. The molecule has 16 nitrogen and oxygen atoms in total. The molecular formula is C48H57N7O9Si. The average molecular weight is 904 g/mol. The second kappa shape index (κ2) is 19.0. The largest absolute Gasteiger partial charge is 0.494 e. The van der Waals surface area contributed by atoms with E-state index in [1.807, 2.05) is 99.7 Å². The third-order valence-corrected chi connectivity index (χ3v) is 15.7. The fourth-order valence-electron chi connectivity index (χ4n) is 10.2. The van der Waals surface area contributed by atoms with Gasteiger partial charge in [0.05, 0.1) is 59.8 Å². The summed E-state index contributed by atoms with van der Waals surface area (Å²) in [5.41, 5.74) is 3.29. The molecule has 5 aromatic rings. The molecule has 0 aliphatic carbocycles. The minimum absolute atomic E-state index is 0.0830. The van der Waals surface area contributed by atoms with Crippen molar-refractivity contribution in [3.05, 3.63) is 135 Å². The molecule has 0 saturated carbocycles. The molecule has 4 N–H and O–H groups in total. The number of benzene rings is 4. The Kier molecular flexibility index (Phi) is 13.3. The predicted octanol–water partition coefficient (Wildman–Crippen LogP) is 6.10. The number of hydrogen-bond acceptors (Lipinski definition) is 12. The van der Waals surface area contributed by atoms with Gasteiger partial charge >= 0.3 is 0 Å². The van der Waals surface area contributed by atoms with Gasteiger partial charge in [-0.15, -0.1) is 5.10 Å². The van der Waals surface area contributed by atoms with Gasteiger partial charge in [-0.3, -0.25) is 29.3 Å². The van der Waals surface area contributed by atoms with Crippen LogP contribution in [0.1, 0.15) is 67.0 Å². The lowest BCUT2D eigenvalue weighted by Gasteiger charge is -2.35. The van der Waals surface area contributed by atoms with E-state index in [2.05, 4.69) is 15.6 Å². The first kappa shape index (κ1) is 45.7. The van der Waals surface area contributed by atoms with Gasteiger partial charge in [0.2, 0.25) is 5.91 Å². The van der Waals surface area contributed by atoms with Gasteiger partial charge in [-0.25, -0.2) is 0 Å². The van der Waals surface area contributed by atoms with Gasteiger partial charge in [0.15, 0.2) is 13.9 Å². The molecule has 1 spiro atoms. The van der Waals surface area contributed by atoms with Crippen molar-refractivity contribution in [1.82, 2.24) is 20.3 Å². The maximum Gasteiger partial charge on any atom is 0.269 e. The summed E-state index contributed by atoms with van der Waals surface area (Å²) in [4.78, 5) is 56.2. The Morgan fingerprint density at radius 1 is 1.02 bits per heavy atom. The molecular weight excluding hydrogens is 847 g/mol. The van der Waals surface area contributed by atoms with Crippen molar-refractivity contribution in [3.63, 3.8) is 0 Å². The molecule has 65 heavy (non-hydrogen) atoms. The summed E-state index contributed by atoms with van der Waals surface area (Å²) >= 11 is 0. The van der Waals surface area contributed by atoms with Crippen LogP contribution >= 0.6 is 0 Å². The highest BCUT2D eigenvalue weighted by Crippen LogP contribution is 2.60. The lowest BCUT2D eigenvalue weighted by Crippen LogP contribution is -2.49. The van der Waals surface area contributed by atoms with Gasteiger partial charge in [0.1, 0.15) is 5.75 Å². The van der Waals surface area contributed by atoms with Gasteiger partial charge in [-0.1, -0.05) is 54.6 Å². The van der Waals surface area contributed by atoms with Crippen molar-refractivity contribution in [2.24, 2.45) is 5.92 Å².